The largest absolute Gasteiger partial charge is 0.466 e. The second-order valence-electron chi connectivity index (χ2n) is 4.84. The second-order valence-corrected chi connectivity index (χ2v) is 4.84. The van der Waals surface area contributed by atoms with E-state index in [-0.39, 0.29) is 36.1 Å². The number of carbonyl (C=O) groups is 2. The maximum absolute atomic E-state index is 12.0. The van der Waals surface area contributed by atoms with Gasteiger partial charge in [0.1, 0.15) is 0 Å². The molecule has 1 aliphatic heterocycles. The third-order valence-electron chi connectivity index (χ3n) is 3.41. The standard InChI is InChI=1S/C11H15N5O3/c1-19-11-13-10(14-15-11)12-9(18)6-4-8(17)16(5-6)7-2-3-7/h6-7H,2-5H2,1H3,(H2,12,13,14,15,18). The molecule has 0 spiro atoms. The molecule has 0 radical (unpaired) electrons. The summed E-state index contributed by atoms with van der Waals surface area (Å²) in [4.78, 5) is 29.5. The van der Waals surface area contributed by atoms with Crippen molar-refractivity contribution in [3.63, 3.8) is 0 Å². The van der Waals surface area contributed by atoms with E-state index >= 15 is 0 Å². The molecule has 102 valence electrons. The third kappa shape index (κ3) is 2.38. The molecule has 2 amide bonds. The van der Waals surface area contributed by atoms with E-state index in [9.17, 15) is 9.59 Å². The first-order valence-corrected chi connectivity index (χ1v) is 6.24. The number of nitrogens with one attached hydrogen (secondary N) is 2. The van der Waals surface area contributed by atoms with Crippen molar-refractivity contribution in [1.82, 2.24) is 20.1 Å². The number of anilines is 1. The van der Waals surface area contributed by atoms with Crippen molar-refractivity contribution in [3.05, 3.63) is 0 Å². The molecule has 1 aromatic heterocycles. The van der Waals surface area contributed by atoms with E-state index in [0.29, 0.717) is 12.6 Å². The molecule has 8 heteroatoms. The van der Waals surface area contributed by atoms with Gasteiger partial charge in [0.2, 0.25) is 17.8 Å². The summed E-state index contributed by atoms with van der Waals surface area (Å²) in [5.41, 5.74) is 0. The Morgan fingerprint density at radius 3 is 2.95 bits per heavy atom. The Labute approximate surface area is 109 Å². The van der Waals surface area contributed by atoms with E-state index in [4.69, 9.17) is 4.74 Å². The van der Waals surface area contributed by atoms with Crippen LogP contribution in [0.25, 0.3) is 0 Å². The van der Waals surface area contributed by atoms with Crippen molar-refractivity contribution in [3.8, 4) is 6.01 Å². The average molecular weight is 265 g/mol. The molecule has 0 bridgehead atoms. The molecule has 3 rings (SSSR count). The van der Waals surface area contributed by atoms with Gasteiger partial charge in [0, 0.05) is 19.0 Å². The van der Waals surface area contributed by atoms with Gasteiger partial charge >= 0.3 is 6.01 Å². The molecule has 1 atom stereocenters. The lowest BCUT2D eigenvalue weighted by molar-refractivity contribution is -0.128. The minimum atomic E-state index is -0.316. The fourth-order valence-corrected chi connectivity index (χ4v) is 2.26. The van der Waals surface area contributed by atoms with Gasteiger partial charge in [0.15, 0.2) is 0 Å². The number of H-pyrrole nitrogens is 1. The minimum Gasteiger partial charge on any atom is -0.466 e. The van der Waals surface area contributed by atoms with E-state index in [1.807, 2.05) is 4.90 Å². The lowest BCUT2D eigenvalue weighted by atomic mass is 10.1. The average Bonchev–Trinajstić information content (AvgIpc) is 3.01. The highest BCUT2D eigenvalue weighted by Gasteiger charge is 2.41. The second kappa shape index (κ2) is 4.52. The van der Waals surface area contributed by atoms with Crippen molar-refractivity contribution in [2.24, 2.45) is 5.92 Å². The monoisotopic (exact) mass is 265 g/mol. The zero-order valence-electron chi connectivity index (χ0n) is 10.5. The molecule has 1 saturated heterocycles. The van der Waals surface area contributed by atoms with Crippen LogP contribution >= 0.6 is 0 Å². The number of nitrogens with zero attached hydrogens (tertiary/aromatic N) is 3. The van der Waals surface area contributed by atoms with Gasteiger partial charge in [-0.25, -0.2) is 5.10 Å². The Balaban J connectivity index is 1.60. The predicted molar refractivity (Wildman–Crippen MR) is 64.4 cm³/mol. The molecule has 1 aromatic rings. The smallest absolute Gasteiger partial charge is 0.336 e. The van der Waals surface area contributed by atoms with Crippen molar-refractivity contribution in [2.45, 2.75) is 25.3 Å². The number of aromatic amines is 1. The molecule has 1 saturated carbocycles. The first-order chi connectivity index (χ1) is 9.17. The van der Waals surface area contributed by atoms with Crippen LogP contribution in [0, 0.1) is 5.92 Å². The van der Waals surface area contributed by atoms with Gasteiger partial charge < -0.3 is 9.64 Å². The number of likely N-dealkylation sites (tertiary alicyclic amines) is 1. The van der Waals surface area contributed by atoms with Crippen LogP contribution in [0.1, 0.15) is 19.3 Å². The summed E-state index contributed by atoms with van der Waals surface area (Å²) in [6.07, 6.45) is 2.38. The molecule has 2 fully saturated rings. The Hall–Kier alpha value is -2.12. The lowest BCUT2D eigenvalue weighted by Gasteiger charge is -2.14. The van der Waals surface area contributed by atoms with Gasteiger partial charge in [-0.15, -0.1) is 5.10 Å². The highest BCUT2D eigenvalue weighted by molar-refractivity contribution is 5.96. The van der Waals surface area contributed by atoms with E-state index in [2.05, 4.69) is 20.5 Å². The van der Waals surface area contributed by atoms with Crippen LogP contribution < -0.4 is 10.1 Å². The van der Waals surface area contributed by atoms with Gasteiger partial charge in [0.25, 0.3) is 0 Å². The normalized spacial score (nSPS) is 22.7. The van der Waals surface area contributed by atoms with Crippen LogP contribution in [0.5, 0.6) is 6.01 Å². The van der Waals surface area contributed by atoms with Crippen LogP contribution in [-0.2, 0) is 9.59 Å². The van der Waals surface area contributed by atoms with Crippen LogP contribution in [0.3, 0.4) is 0 Å². The molecule has 0 aromatic carbocycles. The maximum Gasteiger partial charge on any atom is 0.336 e. The van der Waals surface area contributed by atoms with Crippen LogP contribution in [0.2, 0.25) is 0 Å². The minimum absolute atomic E-state index is 0.0674. The van der Waals surface area contributed by atoms with E-state index in [1.54, 1.807) is 0 Å². The summed E-state index contributed by atoms with van der Waals surface area (Å²) >= 11 is 0. The van der Waals surface area contributed by atoms with E-state index in [1.165, 1.54) is 7.11 Å². The number of hydrogen-bond donors (Lipinski definition) is 2. The molecule has 8 nitrogen and oxygen atoms in total. The van der Waals surface area contributed by atoms with Crippen molar-refractivity contribution < 1.29 is 14.3 Å². The number of rotatable bonds is 4. The number of ether oxygens (including phenoxy) is 1. The first kappa shape index (κ1) is 11.9. The highest BCUT2D eigenvalue weighted by atomic mass is 16.5. The zero-order chi connectivity index (χ0) is 13.4. The summed E-state index contributed by atoms with van der Waals surface area (Å²) in [6.45, 7) is 0.501. The molecular weight excluding hydrogens is 250 g/mol. The van der Waals surface area contributed by atoms with Crippen LogP contribution in [0.4, 0.5) is 5.95 Å². The van der Waals surface area contributed by atoms with Gasteiger partial charge in [-0.3, -0.25) is 14.9 Å². The Morgan fingerprint density at radius 1 is 1.53 bits per heavy atom. The predicted octanol–water partition coefficient (Wildman–Crippen LogP) is -0.237. The fourth-order valence-electron chi connectivity index (χ4n) is 2.26. The maximum atomic E-state index is 12.0. The Morgan fingerprint density at radius 2 is 2.32 bits per heavy atom. The lowest BCUT2D eigenvalue weighted by Crippen LogP contribution is -2.30. The SMILES string of the molecule is COc1n[nH]c(NC(=O)C2CC(=O)N(C3CC3)C2)n1. The summed E-state index contributed by atoms with van der Waals surface area (Å²) < 4.78 is 4.81. The molecule has 1 unspecified atom stereocenters. The highest BCUT2D eigenvalue weighted by Crippen LogP contribution is 2.32. The van der Waals surface area contributed by atoms with Gasteiger partial charge in [-0.1, -0.05) is 0 Å². The van der Waals surface area contributed by atoms with Gasteiger partial charge in [0.05, 0.1) is 13.0 Å². The number of methoxy groups -OCH3 is 1. The molecule has 19 heavy (non-hydrogen) atoms. The number of amides is 2. The summed E-state index contributed by atoms with van der Waals surface area (Å²) in [6, 6.07) is 0.521. The Bertz CT molecular complexity index is 510. The van der Waals surface area contributed by atoms with E-state index in [0.717, 1.165) is 12.8 Å². The summed E-state index contributed by atoms with van der Waals surface area (Å²) in [5.74, 6) is -0.225. The quantitative estimate of drug-likeness (QED) is 0.782. The summed E-state index contributed by atoms with van der Waals surface area (Å²) in [5, 5.41) is 8.90. The zero-order valence-corrected chi connectivity index (χ0v) is 10.5. The molecular formula is C11H15N5O3. The van der Waals surface area contributed by atoms with E-state index < -0.39 is 0 Å². The molecule has 1 aliphatic carbocycles. The van der Waals surface area contributed by atoms with Gasteiger partial charge in [-0.05, 0) is 12.8 Å². The molecule has 2 N–H and O–H groups in total. The van der Waals surface area contributed by atoms with Gasteiger partial charge in [-0.2, -0.15) is 4.98 Å². The van der Waals surface area contributed by atoms with Crippen LogP contribution in [-0.4, -0.2) is 51.6 Å². The summed E-state index contributed by atoms with van der Waals surface area (Å²) in [7, 11) is 1.44. The van der Waals surface area contributed by atoms with Crippen LogP contribution in [0.15, 0.2) is 0 Å². The first-order valence-electron chi connectivity index (χ1n) is 6.24. The Kier molecular flexibility index (Phi) is 2.84. The fraction of sp³-hybridized carbons (Fsp3) is 0.636. The number of hydrogen-bond acceptors (Lipinski definition) is 5. The topological polar surface area (TPSA) is 100 Å². The van der Waals surface area contributed by atoms with Crippen molar-refractivity contribution in [2.75, 3.05) is 19.0 Å². The van der Waals surface area contributed by atoms with Crippen molar-refractivity contribution in [1.29, 1.82) is 0 Å². The molecule has 2 aliphatic rings. The molecule has 2 heterocycles. The third-order valence-corrected chi connectivity index (χ3v) is 3.41. The number of carbonyl (C=O) groups excluding carboxylic acids is 2. The van der Waals surface area contributed by atoms with Crippen molar-refractivity contribution >= 4 is 17.8 Å². The number of aromatic nitrogens is 3.